The highest BCUT2D eigenvalue weighted by atomic mass is 32.2. The molecule has 7 nitrogen and oxygen atoms in total. The number of thiazole rings is 1. The molecule has 1 saturated heterocycles. The van der Waals surface area contributed by atoms with Crippen molar-refractivity contribution in [2.24, 2.45) is 0 Å². The van der Waals surface area contributed by atoms with Crippen LogP contribution in [0.3, 0.4) is 0 Å². The number of aromatic nitrogens is 2. The van der Waals surface area contributed by atoms with E-state index in [-0.39, 0.29) is 11.6 Å². The van der Waals surface area contributed by atoms with Crippen molar-refractivity contribution in [1.29, 1.82) is 0 Å². The van der Waals surface area contributed by atoms with Gasteiger partial charge in [0.2, 0.25) is 10.0 Å². The minimum atomic E-state index is -3.19. The summed E-state index contributed by atoms with van der Waals surface area (Å²) in [5.74, 6) is 0. The molecule has 0 aromatic carbocycles. The van der Waals surface area contributed by atoms with E-state index in [2.05, 4.69) is 14.6 Å². The van der Waals surface area contributed by atoms with Crippen molar-refractivity contribution in [1.82, 2.24) is 19.0 Å². The predicted octanol–water partition coefficient (Wildman–Crippen LogP) is 0.270. The summed E-state index contributed by atoms with van der Waals surface area (Å²) in [5.41, 5.74) is 0.650. The van der Waals surface area contributed by atoms with E-state index in [1.165, 1.54) is 22.0 Å². The van der Waals surface area contributed by atoms with E-state index in [1.807, 2.05) is 5.38 Å². The molecule has 22 heavy (non-hydrogen) atoms. The van der Waals surface area contributed by atoms with Gasteiger partial charge in [-0.15, -0.1) is 11.3 Å². The molecule has 0 bridgehead atoms. The third-order valence-electron chi connectivity index (χ3n) is 3.63. The van der Waals surface area contributed by atoms with Gasteiger partial charge in [0.1, 0.15) is 0 Å². The van der Waals surface area contributed by atoms with E-state index < -0.39 is 10.0 Å². The van der Waals surface area contributed by atoms with Crippen molar-refractivity contribution >= 4 is 26.3 Å². The van der Waals surface area contributed by atoms with Crippen molar-refractivity contribution in [3.63, 3.8) is 0 Å². The topological polar surface area (TPSA) is 83.8 Å². The lowest BCUT2D eigenvalue weighted by atomic mass is 10.1. The molecule has 1 aliphatic heterocycles. The van der Waals surface area contributed by atoms with Crippen LogP contribution < -0.4 is 10.3 Å². The minimum absolute atomic E-state index is 0.0738. The van der Waals surface area contributed by atoms with Gasteiger partial charge >= 0.3 is 0 Å². The van der Waals surface area contributed by atoms with E-state index in [0.717, 1.165) is 25.1 Å². The van der Waals surface area contributed by atoms with Crippen LogP contribution in [0.15, 0.2) is 22.4 Å². The van der Waals surface area contributed by atoms with Gasteiger partial charge in [0.25, 0.3) is 5.56 Å². The van der Waals surface area contributed by atoms with E-state index in [1.54, 1.807) is 12.3 Å². The van der Waals surface area contributed by atoms with Gasteiger partial charge in [-0.2, -0.15) is 0 Å². The normalized spacial score (nSPS) is 20.5. The monoisotopic (exact) mass is 342 g/mol. The number of rotatable bonds is 4. The molecule has 0 spiro atoms. The van der Waals surface area contributed by atoms with Gasteiger partial charge in [-0.1, -0.05) is 0 Å². The number of hydrogen-bond acceptors (Lipinski definition) is 6. The lowest BCUT2D eigenvalue weighted by molar-refractivity contribution is 0.192. The fourth-order valence-corrected chi connectivity index (χ4v) is 4.33. The summed E-state index contributed by atoms with van der Waals surface area (Å²) in [6.45, 7) is 2.08. The Labute approximate surface area is 132 Å². The molecular weight excluding hydrogens is 324 g/mol. The average Bonchev–Trinajstić information content (AvgIpc) is 2.85. The first-order valence-electron chi connectivity index (χ1n) is 7.06. The zero-order chi connectivity index (χ0) is 15.7. The molecule has 0 unspecified atom stereocenters. The Morgan fingerprint density at radius 2 is 2.32 bits per heavy atom. The second-order valence-corrected chi connectivity index (χ2v) is 8.26. The van der Waals surface area contributed by atoms with Crippen molar-refractivity contribution < 1.29 is 8.42 Å². The molecule has 0 aliphatic carbocycles. The van der Waals surface area contributed by atoms with Gasteiger partial charge in [-0.3, -0.25) is 14.1 Å². The van der Waals surface area contributed by atoms with Crippen LogP contribution in [-0.4, -0.2) is 48.1 Å². The summed E-state index contributed by atoms with van der Waals surface area (Å²) in [7, 11) is -3.19. The Balaban J connectivity index is 1.72. The molecule has 120 valence electrons. The van der Waals surface area contributed by atoms with Crippen LogP contribution >= 0.6 is 11.3 Å². The van der Waals surface area contributed by atoms with Crippen LogP contribution in [0.5, 0.6) is 0 Å². The molecule has 2 aromatic heterocycles. The predicted molar refractivity (Wildman–Crippen MR) is 85.6 cm³/mol. The molecule has 9 heteroatoms. The summed E-state index contributed by atoms with van der Waals surface area (Å²) in [6.07, 6.45) is 4.66. The van der Waals surface area contributed by atoms with Crippen LogP contribution in [-0.2, 0) is 16.6 Å². The van der Waals surface area contributed by atoms with E-state index in [9.17, 15) is 13.2 Å². The van der Waals surface area contributed by atoms with Gasteiger partial charge in [0.05, 0.1) is 11.9 Å². The van der Waals surface area contributed by atoms with Gasteiger partial charge in [0.15, 0.2) is 4.96 Å². The second kappa shape index (κ2) is 6.07. The van der Waals surface area contributed by atoms with E-state index in [4.69, 9.17) is 0 Å². The van der Waals surface area contributed by atoms with E-state index >= 15 is 0 Å². The molecule has 1 aliphatic rings. The Bertz CT molecular complexity index is 827. The van der Waals surface area contributed by atoms with Gasteiger partial charge in [0, 0.05) is 36.8 Å². The molecule has 2 aromatic rings. The highest BCUT2D eigenvalue weighted by molar-refractivity contribution is 7.88. The summed E-state index contributed by atoms with van der Waals surface area (Å²) in [6, 6.07) is 1.48. The number of nitrogens with one attached hydrogen (secondary N) is 1. The first-order chi connectivity index (χ1) is 10.4. The van der Waals surface area contributed by atoms with Crippen molar-refractivity contribution in [3.8, 4) is 0 Å². The van der Waals surface area contributed by atoms with E-state index in [0.29, 0.717) is 18.1 Å². The number of likely N-dealkylation sites (tertiary alicyclic amines) is 1. The van der Waals surface area contributed by atoms with Gasteiger partial charge in [-0.05, 0) is 19.4 Å². The van der Waals surface area contributed by atoms with Crippen LogP contribution in [0.4, 0.5) is 0 Å². The highest BCUT2D eigenvalue weighted by Crippen LogP contribution is 2.14. The molecule has 1 N–H and O–H groups in total. The fourth-order valence-electron chi connectivity index (χ4n) is 2.80. The second-order valence-electron chi connectivity index (χ2n) is 5.61. The van der Waals surface area contributed by atoms with Gasteiger partial charge in [-0.25, -0.2) is 18.1 Å². The molecule has 0 radical (unpaired) electrons. The maximum Gasteiger partial charge on any atom is 0.258 e. The van der Waals surface area contributed by atoms with Crippen LogP contribution in [0.2, 0.25) is 0 Å². The van der Waals surface area contributed by atoms with Crippen LogP contribution in [0.1, 0.15) is 18.5 Å². The number of piperidine rings is 1. The quantitative estimate of drug-likeness (QED) is 0.862. The summed E-state index contributed by atoms with van der Waals surface area (Å²) < 4.78 is 26.9. The largest absolute Gasteiger partial charge is 0.296 e. The van der Waals surface area contributed by atoms with Crippen molar-refractivity contribution in [2.75, 3.05) is 19.3 Å². The Hall–Kier alpha value is -1.29. The SMILES string of the molecule is CS(=O)(=O)N[C@@H]1CCCN(Cc2cc(=O)n3ccsc3n2)C1. The average molecular weight is 342 g/mol. The lowest BCUT2D eigenvalue weighted by Gasteiger charge is -2.32. The molecule has 0 amide bonds. The Morgan fingerprint density at radius 3 is 3.09 bits per heavy atom. The van der Waals surface area contributed by atoms with Crippen LogP contribution in [0, 0.1) is 0 Å². The van der Waals surface area contributed by atoms with Crippen molar-refractivity contribution in [3.05, 3.63) is 33.7 Å². The molecular formula is C13H18N4O3S2. The third-order valence-corrected chi connectivity index (χ3v) is 5.15. The number of fused-ring (bicyclic) bond motifs is 1. The number of hydrogen-bond donors (Lipinski definition) is 1. The zero-order valence-corrected chi connectivity index (χ0v) is 13.9. The maximum atomic E-state index is 12.0. The maximum absolute atomic E-state index is 12.0. The third kappa shape index (κ3) is 3.72. The fraction of sp³-hybridized carbons (Fsp3) is 0.538. The van der Waals surface area contributed by atoms with Gasteiger partial charge < -0.3 is 0 Å². The summed E-state index contributed by atoms with van der Waals surface area (Å²) in [4.78, 5) is 19.3. The highest BCUT2D eigenvalue weighted by Gasteiger charge is 2.22. The summed E-state index contributed by atoms with van der Waals surface area (Å²) >= 11 is 1.43. The number of nitrogens with zero attached hydrogens (tertiary/aromatic N) is 3. The minimum Gasteiger partial charge on any atom is -0.296 e. The number of sulfonamides is 1. The smallest absolute Gasteiger partial charge is 0.258 e. The molecule has 3 rings (SSSR count). The Morgan fingerprint density at radius 1 is 1.50 bits per heavy atom. The first kappa shape index (κ1) is 15.6. The lowest BCUT2D eigenvalue weighted by Crippen LogP contribution is -2.47. The van der Waals surface area contributed by atoms with Crippen LogP contribution in [0.25, 0.3) is 4.96 Å². The van der Waals surface area contributed by atoms with Crippen molar-refractivity contribution in [2.45, 2.75) is 25.4 Å². The molecule has 3 heterocycles. The molecule has 0 saturated carbocycles. The molecule has 1 atom stereocenters. The summed E-state index contributed by atoms with van der Waals surface area (Å²) in [5, 5.41) is 1.83. The molecule has 1 fully saturated rings. The standard InChI is InChI=1S/C13H18N4O3S2/c1-22(19,20)15-10-3-2-4-16(8-10)9-11-7-12(18)17-5-6-21-13(17)14-11/h5-7,10,15H,2-4,8-9H2,1H3/t10-/m1/s1. The first-order valence-corrected chi connectivity index (χ1v) is 9.83. The zero-order valence-electron chi connectivity index (χ0n) is 12.2. The Kier molecular flexibility index (Phi) is 4.31.